The fraction of sp³-hybridized carbons (Fsp3) is 0.692. The Hall–Kier alpha value is -2.20. The first-order valence-corrected chi connectivity index (χ1v) is 7.20. The number of primary amides is 1. The van der Waals surface area contributed by atoms with Crippen molar-refractivity contribution >= 4 is 23.7 Å². The van der Waals surface area contributed by atoms with Crippen molar-refractivity contribution in [2.45, 2.75) is 50.4 Å². The van der Waals surface area contributed by atoms with E-state index in [0.29, 0.717) is 12.8 Å². The number of nitrogens with one attached hydrogen (secondary N) is 1. The van der Waals surface area contributed by atoms with Crippen molar-refractivity contribution in [1.82, 2.24) is 10.2 Å². The van der Waals surface area contributed by atoms with E-state index in [4.69, 9.17) is 16.6 Å². The lowest BCUT2D eigenvalue weighted by atomic mass is 10.1. The topological polar surface area (TPSA) is 176 Å². The predicted octanol–water partition coefficient (Wildman–Crippen LogP) is -2.87. The van der Waals surface area contributed by atoms with Crippen LogP contribution in [0.15, 0.2) is 0 Å². The summed E-state index contributed by atoms with van der Waals surface area (Å²) in [5, 5.41) is 20.7. The van der Waals surface area contributed by atoms with Crippen LogP contribution in [0.5, 0.6) is 0 Å². The van der Waals surface area contributed by atoms with Crippen LogP contribution < -0.4 is 16.8 Å². The Kier molecular flexibility index (Phi) is 6.46. The van der Waals surface area contributed by atoms with Gasteiger partial charge < -0.3 is 31.9 Å². The van der Waals surface area contributed by atoms with Gasteiger partial charge in [-0.05, 0) is 19.8 Å². The minimum absolute atomic E-state index is 0.212. The maximum absolute atomic E-state index is 12.5. The number of aliphatic hydroxyl groups excluding tert-OH is 1. The maximum atomic E-state index is 12.5. The quantitative estimate of drug-likeness (QED) is 0.333. The van der Waals surface area contributed by atoms with Crippen molar-refractivity contribution in [3.8, 4) is 0 Å². The van der Waals surface area contributed by atoms with Gasteiger partial charge in [-0.25, -0.2) is 4.79 Å². The first-order chi connectivity index (χ1) is 10.6. The summed E-state index contributed by atoms with van der Waals surface area (Å²) in [5.74, 6) is -3.52. The van der Waals surface area contributed by atoms with E-state index in [1.165, 1.54) is 6.92 Å². The first-order valence-electron chi connectivity index (χ1n) is 7.20. The summed E-state index contributed by atoms with van der Waals surface area (Å²) >= 11 is 0. The summed E-state index contributed by atoms with van der Waals surface area (Å²) in [6.07, 6.45) is -0.837. The molecule has 10 nitrogen and oxygen atoms in total. The Balaban J connectivity index is 2.88. The summed E-state index contributed by atoms with van der Waals surface area (Å²) in [6.45, 7) is 1.51. The molecule has 0 unspecified atom stereocenters. The third-order valence-corrected chi connectivity index (χ3v) is 3.66. The fourth-order valence-corrected chi connectivity index (χ4v) is 2.38. The standard InChI is InChI=1S/C13H22N4O6/c1-6(18)10(15)11(20)16-7(5-9(14)19)12(21)17-4-2-3-8(17)13(22)23/h6-8,10,18H,2-5,15H2,1H3,(H2,14,19)(H,16,20)(H,22,23)/t6-,7+,8+,10+/m1/s1. The van der Waals surface area contributed by atoms with Crippen LogP contribution in [0, 0.1) is 0 Å². The Morgan fingerprint density at radius 1 is 1.35 bits per heavy atom. The molecule has 0 radical (unpaired) electrons. The summed E-state index contributed by atoms with van der Waals surface area (Å²) < 4.78 is 0. The zero-order chi connectivity index (χ0) is 17.7. The van der Waals surface area contributed by atoms with Crippen LogP contribution in [0.3, 0.4) is 0 Å². The van der Waals surface area contributed by atoms with E-state index in [1.807, 2.05) is 0 Å². The van der Waals surface area contributed by atoms with E-state index in [2.05, 4.69) is 5.32 Å². The first kappa shape index (κ1) is 18.8. The highest BCUT2D eigenvalue weighted by Gasteiger charge is 2.38. The van der Waals surface area contributed by atoms with Crippen LogP contribution in [-0.2, 0) is 19.2 Å². The highest BCUT2D eigenvalue weighted by Crippen LogP contribution is 2.19. The number of rotatable bonds is 7. The number of hydrogen-bond donors (Lipinski definition) is 5. The maximum Gasteiger partial charge on any atom is 0.326 e. The van der Waals surface area contributed by atoms with Gasteiger partial charge in [0.1, 0.15) is 18.1 Å². The molecule has 23 heavy (non-hydrogen) atoms. The molecule has 0 aromatic carbocycles. The molecule has 0 saturated carbocycles. The van der Waals surface area contributed by atoms with Crippen molar-refractivity contribution in [3.63, 3.8) is 0 Å². The largest absolute Gasteiger partial charge is 0.480 e. The summed E-state index contributed by atoms with van der Waals surface area (Å²) in [7, 11) is 0. The molecule has 3 amide bonds. The molecule has 0 bridgehead atoms. The number of nitrogens with zero attached hydrogens (tertiary/aromatic N) is 1. The fourth-order valence-electron chi connectivity index (χ4n) is 2.38. The van der Waals surface area contributed by atoms with Gasteiger partial charge in [0.15, 0.2) is 0 Å². The molecule has 10 heteroatoms. The van der Waals surface area contributed by atoms with Gasteiger partial charge in [-0.2, -0.15) is 0 Å². The second-order valence-corrected chi connectivity index (χ2v) is 5.53. The molecule has 7 N–H and O–H groups in total. The molecule has 0 spiro atoms. The minimum Gasteiger partial charge on any atom is -0.480 e. The molecule has 1 heterocycles. The van der Waals surface area contributed by atoms with E-state index in [1.54, 1.807) is 0 Å². The van der Waals surface area contributed by atoms with Crippen molar-refractivity contribution in [2.75, 3.05) is 6.54 Å². The number of carbonyl (C=O) groups is 4. The highest BCUT2D eigenvalue weighted by atomic mass is 16.4. The second-order valence-electron chi connectivity index (χ2n) is 5.53. The number of aliphatic hydroxyl groups is 1. The number of aliphatic carboxylic acids is 1. The third-order valence-electron chi connectivity index (χ3n) is 3.66. The average molecular weight is 330 g/mol. The van der Waals surface area contributed by atoms with E-state index >= 15 is 0 Å². The zero-order valence-corrected chi connectivity index (χ0v) is 12.8. The van der Waals surface area contributed by atoms with Crippen molar-refractivity contribution in [3.05, 3.63) is 0 Å². The van der Waals surface area contributed by atoms with E-state index in [0.717, 1.165) is 4.90 Å². The molecule has 1 rings (SSSR count). The van der Waals surface area contributed by atoms with Gasteiger partial charge >= 0.3 is 5.97 Å². The molecule has 0 aliphatic carbocycles. The summed E-state index contributed by atoms with van der Waals surface area (Å²) in [5.41, 5.74) is 10.5. The molecule has 1 aliphatic heterocycles. The van der Waals surface area contributed by atoms with Crippen molar-refractivity contribution in [1.29, 1.82) is 0 Å². The van der Waals surface area contributed by atoms with Gasteiger partial charge in [0.25, 0.3) is 0 Å². The normalized spacial score (nSPS) is 21.3. The number of nitrogens with two attached hydrogens (primary N) is 2. The van der Waals surface area contributed by atoms with Crippen molar-refractivity contribution < 1.29 is 29.4 Å². The SMILES string of the molecule is C[C@@H](O)[C@H](N)C(=O)N[C@@H](CC(N)=O)C(=O)N1CCC[C@H]1C(=O)O. The van der Waals surface area contributed by atoms with Crippen LogP contribution in [0.2, 0.25) is 0 Å². The van der Waals surface area contributed by atoms with Gasteiger partial charge in [0, 0.05) is 6.54 Å². The lowest BCUT2D eigenvalue weighted by Crippen LogP contribution is -2.57. The number of hydrogen-bond acceptors (Lipinski definition) is 6. The molecular weight excluding hydrogens is 308 g/mol. The van der Waals surface area contributed by atoms with Crippen LogP contribution in [0.1, 0.15) is 26.2 Å². The second kappa shape index (κ2) is 7.88. The summed E-state index contributed by atoms with van der Waals surface area (Å²) in [6, 6.07) is -3.60. The Labute approximate surface area is 132 Å². The molecule has 4 atom stereocenters. The number of carbonyl (C=O) groups excluding carboxylic acids is 3. The summed E-state index contributed by atoms with van der Waals surface area (Å²) in [4.78, 5) is 47.7. The van der Waals surface area contributed by atoms with E-state index in [9.17, 15) is 24.3 Å². The molecule has 1 fully saturated rings. The Morgan fingerprint density at radius 3 is 2.43 bits per heavy atom. The molecule has 1 aliphatic rings. The van der Waals surface area contributed by atoms with Crippen LogP contribution in [0.25, 0.3) is 0 Å². The molecule has 130 valence electrons. The van der Waals surface area contributed by atoms with E-state index < -0.39 is 54.3 Å². The number of carboxylic acid groups (broad SMARTS) is 1. The van der Waals surface area contributed by atoms with Crippen LogP contribution in [-0.4, -0.2) is 69.6 Å². The van der Waals surface area contributed by atoms with Gasteiger partial charge in [-0.3, -0.25) is 14.4 Å². The minimum atomic E-state index is -1.32. The molecular formula is C13H22N4O6. The Morgan fingerprint density at radius 2 is 1.96 bits per heavy atom. The molecule has 0 aromatic rings. The van der Waals surface area contributed by atoms with Crippen molar-refractivity contribution in [2.24, 2.45) is 11.5 Å². The number of amides is 3. The zero-order valence-electron chi connectivity index (χ0n) is 12.8. The van der Waals surface area contributed by atoms with Gasteiger partial charge in [-0.1, -0.05) is 0 Å². The van der Waals surface area contributed by atoms with Crippen LogP contribution in [0.4, 0.5) is 0 Å². The molecule has 0 aromatic heterocycles. The highest BCUT2D eigenvalue weighted by molar-refractivity contribution is 5.95. The monoisotopic (exact) mass is 330 g/mol. The number of likely N-dealkylation sites (tertiary alicyclic amines) is 1. The lowest BCUT2D eigenvalue weighted by Gasteiger charge is -2.27. The average Bonchev–Trinajstić information content (AvgIpc) is 2.93. The number of carboxylic acids is 1. The van der Waals surface area contributed by atoms with Gasteiger partial charge in [0.2, 0.25) is 17.7 Å². The predicted molar refractivity (Wildman–Crippen MR) is 77.8 cm³/mol. The van der Waals surface area contributed by atoms with E-state index in [-0.39, 0.29) is 6.54 Å². The molecule has 1 saturated heterocycles. The third kappa shape index (κ3) is 4.89. The lowest BCUT2D eigenvalue weighted by molar-refractivity contribution is -0.149. The smallest absolute Gasteiger partial charge is 0.326 e. The van der Waals surface area contributed by atoms with Gasteiger partial charge in [-0.15, -0.1) is 0 Å². The van der Waals surface area contributed by atoms with Crippen LogP contribution >= 0.6 is 0 Å². The Bertz CT molecular complexity index is 495. The van der Waals surface area contributed by atoms with Gasteiger partial charge in [0.05, 0.1) is 12.5 Å².